The van der Waals surface area contributed by atoms with Crippen LogP contribution in [0.25, 0.3) is 5.13 Å². The topological polar surface area (TPSA) is 77.7 Å². The first-order chi connectivity index (χ1) is 9.01. The highest BCUT2D eigenvalue weighted by Gasteiger charge is 2.17. The van der Waals surface area contributed by atoms with Crippen LogP contribution in [0, 0.1) is 0 Å². The van der Waals surface area contributed by atoms with Gasteiger partial charge in [-0.05, 0) is 25.7 Å². The number of nitrogens with zero attached hydrogens (tertiary/aromatic N) is 4. The molecular formula is C11H14N4O2S2. The van der Waals surface area contributed by atoms with E-state index in [4.69, 9.17) is 0 Å². The van der Waals surface area contributed by atoms with E-state index in [1.165, 1.54) is 24.0 Å². The summed E-state index contributed by atoms with van der Waals surface area (Å²) < 4.78 is 24.0. The maximum absolute atomic E-state index is 11.2. The molecule has 0 saturated heterocycles. The molecule has 3 rings (SSSR count). The molecule has 2 aromatic rings. The van der Waals surface area contributed by atoms with E-state index in [9.17, 15) is 8.42 Å². The van der Waals surface area contributed by atoms with Crippen LogP contribution in [-0.4, -0.2) is 34.7 Å². The maximum atomic E-state index is 11.2. The monoisotopic (exact) mass is 298 g/mol. The molecule has 102 valence electrons. The smallest absolute Gasteiger partial charge is 0.212 e. The number of fused-ring (bicyclic) bond motifs is 1. The lowest BCUT2D eigenvalue weighted by atomic mass is 10.0. The Hall–Kier alpha value is -1.28. The van der Waals surface area contributed by atoms with E-state index >= 15 is 0 Å². The molecule has 6 nitrogen and oxygen atoms in total. The number of sulfone groups is 1. The fourth-order valence-corrected chi connectivity index (χ4v) is 3.90. The molecule has 0 unspecified atom stereocenters. The van der Waals surface area contributed by atoms with Gasteiger partial charge in [-0.2, -0.15) is 4.68 Å². The van der Waals surface area contributed by atoms with E-state index < -0.39 is 9.84 Å². The minimum Gasteiger partial charge on any atom is -0.229 e. The van der Waals surface area contributed by atoms with Gasteiger partial charge in [-0.1, -0.05) is 16.6 Å². The summed E-state index contributed by atoms with van der Waals surface area (Å²) in [6, 6.07) is 0. The molecule has 0 bridgehead atoms. The zero-order valence-corrected chi connectivity index (χ0v) is 12.2. The minimum atomic E-state index is -3.08. The van der Waals surface area contributed by atoms with Crippen LogP contribution < -0.4 is 0 Å². The van der Waals surface area contributed by atoms with Crippen molar-refractivity contribution in [1.82, 2.24) is 20.0 Å². The summed E-state index contributed by atoms with van der Waals surface area (Å²) in [5.41, 5.74) is 1.61. The van der Waals surface area contributed by atoms with Gasteiger partial charge in [0.25, 0.3) is 0 Å². The predicted molar refractivity (Wildman–Crippen MR) is 72.2 cm³/mol. The number of hydrogen-bond donors (Lipinski definition) is 0. The maximum Gasteiger partial charge on any atom is 0.212 e. The Morgan fingerprint density at radius 2 is 2.16 bits per heavy atom. The SMILES string of the molecule is CS(=O)(=O)Cc1cn(-c2nc3c(s2)CCCC3)nn1. The molecule has 0 radical (unpaired) electrons. The average Bonchev–Trinajstić information content (AvgIpc) is 2.91. The Bertz CT molecular complexity index is 679. The molecule has 1 aliphatic carbocycles. The van der Waals surface area contributed by atoms with Crippen molar-refractivity contribution < 1.29 is 8.42 Å². The van der Waals surface area contributed by atoms with E-state index in [-0.39, 0.29) is 5.75 Å². The Balaban J connectivity index is 1.88. The highest BCUT2D eigenvalue weighted by Crippen LogP contribution is 2.28. The van der Waals surface area contributed by atoms with E-state index in [1.807, 2.05) is 0 Å². The second-order valence-corrected chi connectivity index (χ2v) is 8.00. The lowest BCUT2D eigenvalue weighted by molar-refractivity contribution is 0.600. The third-order valence-electron chi connectivity index (χ3n) is 2.98. The Morgan fingerprint density at radius 3 is 2.89 bits per heavy atom. The molecule has 0 amide bonds. The number of aryl methyl sites for hydroxylation is 2. The van der Waals surface area contributed by atoms with Gasteiger partial charge in [0.1, 0.15) is 0 Å². The van der Waals surface area contributed by atoms with Gasteiger partial charge in [0.2, 0.25) is 5.13 Å². The molecule has 19 heavy (non-hydrogen) atoms. The van der Waals surface area contributed by atoms with Crippen molar-refractivity contribution in [2.45, 2.75) is 31.4 Å². The van der Waals surface area contributed by atoms with Gasteiger partial charge in [0.15, 0.2) is 9.84 Å². The first-order valence-electron chi connectivity index (χ1n) is 6.09. The van der Waals surface area contributed by atoms with Crippen molar-refractivity contribution >= 4 is 21.2 Å². The number of rotatable bonds is 3. The molecule has 1 aliphatic rings. The molecule has 0 fully saturated rings. The fourth-order valence-electron chi connectivity index (χ4n) is 2.16. The molecular weight excluding hydrogens is 284 g/mol. The average molecular weight is 298 g/mol. The molecule has 8 heteroatoms. The van der Waals surface area contributed by atoms with Crippen LogP contribution >= 0.6 is 11.3 Å². The largest absolute Gasteiger partial charge is 0.229 e. The summed E-state index contributed by atoms with van der Waals surface area (Å²) in [5.74, 6) is -0.0852. The van der Waals surface area contributed by atoms with Crippen molar-refractivity contribution in [2.75, 3.05) is 6.26 Å². The Kier molecular flexibility index (Phi) is 3.14. The normalized spacial score (nSPS) is 15.4. The van der Waals surface area contributed by atoms with Crippen molar-refractivity contribution in [3.63, 3.8) is 0 Å². The summed E-state index contributed by atoms with van der Waals surface area (Å²) in [7, 11) is -3.08. The van der Waals surface area contributed by atoms with Crippen LogP contribution in [0.3, 0.4) is 0 Å². The van der Waals surface area contributed by atoms with Crippen LogP contribution in [-0.2, 0) is 28.4 Å². The summed E-state index contributed by atoms with van der Waals surface area (Å²) in [4.78, 5) is 5.88. The van der Waals surface area contributed by atoms with Crippen molar-refractivity contribution in [2.24, 2.45) is 0 Å². The van der Waals surface area contributed by atoms with E-state index in [1.54, 1.807) is 22.2 Å². The van der Waals surface area contributed by atoms with Gasteiger partial charge in [-0.3, -0.25) is 0 Å². The molecule has 2 heterocycles. The summed E-state index contributed by atoms with van der Waals surface area (Å²) >= 11 is 1.62. The number of hydrogen-bond acceptors (Lipinski definition) is 6. The number of aromatic nitrogens is 4. The molecule has 0 N–H and O–H groups in total. The van der Waals surface area contributed by atoms with Gasteiger partial charge in [-0.25, -0.2) is 13.4 Å². The summed E-state index contributed by atoms with van der Waals surface area (Å²) in [6.07, 6.45) is 7.34. The van der Waals surface area contributed by atoms with Gasteiger partial charge < -0.3 is 0 Å². The zero-order valence-electron chi connectivity index (χ0n) is 10.5. The predicted octanol–water partition coefficient (Wildman–Crippen LogP) is 1.15. The van der Waals surface area contributed by atoms with E-state index in [2.05, 4.69) is 15.3 Å². The van der Waals surface area contributed by atoms with E-state index in [0.717, 1.165) is 23.7 Å². The molecule has 0 spiro atoms. The molecule has 0 aromatic carbocycles. The third kappa shape index (κ3) is 2.84. The van der Waals surface area contributed by atoms with Crippen molar-refractivity contribution in [3.8, 4) is 5.13 Å². The Morgan fingerprint density at radius 1 is 1.37 bits per heavy atom. The van der Waals surface area contributed by atoms with Crippen LogP contribution in [0.2, 0.25) is 0 Å². The van der Waals surface area contributed by atoms with Gasteiger partial charge in [0.05, 0.1) is 23.3 Å². The molecule has 2 aromatic heterocycles. The molecule has 0 aliphatic heterocycles. The highest BCUT2D eigenvalue weighted by atomic mass is 32.2. The summed E-state index contributed by atoms with van der Waals surface area (Å²) in [6.45, 7) is 0. The highest BCUT2D eigenvalue weighted by molar-refractivity contribution is 7.89. The second-order valence-electron chi connectivity index (χ2n) is 4.80. The fraction of sp³-hybridized carbons (Fsp3) is 0.545. The first-order valence-corrected chi connectivity index (χ1v) is 8.97. The molecule has 0 saturated carbocycles. The van der Waals surface area contributed by atoms with Gasteiger partial charge in [0, 0.05) is 11.1 Å². The van der Waals surface area contributed by atoms with Crippen molar-refractivity contribution in [3.05, 3.63) is 22.5 Å². The standard InChI is InChI=1S/C11H14N4O2S2/c1-19(16,17)7-8-6-15(14-13-8)11-12-9-4-2-3-5-10(9)18-11/h6H,2-5,7H2,1H3. The minimum absolute atomic E-state index is 0.0852. The lowest BCUT2D eigenvalue weighted by Gasteiger charge is -2.06. The zero-order chi connectivity index (χ0) is 13.5. The second kappa shape index (κ2) is 4.68. The van der Waals surface area contributed by atoms with Crippen LogP contribution in [0.5, 0.6) is 0 Å². The molecule has 0 atom stereocenters. The van der Waals surface area contributed by atoms with Crippen LogP contribution in [0.15, 0.2) is 6.20 Å². The Labute approximate surface area is 115 Å². The van der Waals surface area contributed by atoms with Crippen molar-refractivity contribution in [1.29, 1.82) is 0 Å². The first kappa shape index (κ1) is 12.7. The lowest BCUT2D eigenvalue weighted by Crippen LogP contribution is -2.00. The van der Waals surface area contributed by atoms with Crippen LogP contribution in [0.1, 0.15) is 29.1 Å². The number of thiazole rings is 1. The van der Waals surface area contributed by atoms with Crippen LogP contribution in [0.4, 0.5) is 0 Å². The van der Waals surface area contributed by atoms with Gasteiger partial charge >= 0.3 is 0 Å². The third-order valence-corrected chi connectivity index (χ3v) is 4.95. The van der Waals surface area contributed by atoms with E-state index in [0.29, 0.717) is 5.69 Å². The van der Waals surface area contributed by atoms with Gasteiger partial charge in [-0.15, -0.1) is 5.10 Å². The quantitative estimate of drug-likeness (QED) is 0.849. The summed E-state index contributed by atoms with van der Waals surface area (Å²) in [5, 5.41) is 8.63.